The summed E-state index contributed by atoms with van der Waals surface area (Å²) in [5.41, 5.74) is 0. The molecule has 0 radical (unpaired) electrons. The number of aromatic nitrogens is 2. The van der Waals surface area contributed by atoms with Crippen molar-refractivity contribution in [3.05, 3.63) is 42.5 Å². The highest BCUT2D eigenvalue weighted by atomic mass is 16.3. The lowest BCUT2D eigenvalue weighted by Crippen LogP contribution is -2.46. The summed E-state index contributed by atoms with van der Waals surface area (Å²) in [5, 5.41) is 8.11. The van der Waals surface area contributed by atoms with E-state index in [9.17, 15) is 4.79 Å². The number of hydrogen-bond donors (Lipinski definition) is 0. The monoisotopic (exact) mass is 326 g/mol. The van der Waals surface area contributed by atoms with Crippen molar-refractivity contribution in [2.45, 2.75) is 31.2 Å². The van der Waals surface area contributed by atoms with Gasteiger partial charge in [0.05, 0.1) is 6.26 Å². The van der Waals surface area contributed by atoms with Gasteiger partial charge in [-0.15, -0.1) is 5.10 Å². The fraction of sp³-hybridized carbons (Fsp3) is 0.500. The number of nitrogens with zero attached hydrogens (tertiary/aromatic N) is 4. The van der Waals surface area contributed by atoms with Gasteiger partial charge >= 0.3 is 0 Å². The van der Waals surface area contributed by atoms with Crippen molar-refractivity contribution in [2.75, 3.05) is 25.0 Å². The molecule has 0 unspecified atom stereocenters. The second-order valence-electron chi connectivity index (χ2n) is 6.71. The molecule has 1 amide bonds. The van der Waals surface area contributed by atoms with Crippen LogP contribution in [0.5, 0.6) is 0 Å². The van der Waals surface area contributed by atoms with Crippen LogP contribution in [-0.4, -0.2) is 47.2 Å². The molecule has 1 aliphatic heterocycles. The van der Waals surface area contributed by atoms with E-state index in [0.717, 1.165) is 43.9 Å². The van der Waals surface area contributed by atoms with E-state index < -0.39 is 0 Å². The van der Waals surface area contributed by atoms with Crippen molar-refractivity contribution in [3.8, 4) is 0 Å². The third-order valence-corrected chi connectivity index (χ3v) is 5.26. The van der Waals surface area contributed by atoms with Crippen LogP contribution in [0, 0.1) is 5.92 Å². The van der Waals surface area contributed by atoms with Crippen LogP contribution < -0.4 is 4.90 Å². The second-order valence-corrected chi connectivity index (χ2v) is 6.71. The molecule has 1 saturated heterocycles. The number of rotatable bonds is 4. The van der Waals surface area contributed by atoms with Crippen molar-refractivity contribution >= 4 is 11.7 Å². The molecule has 6 heteroatoms. The van der Waals surface area contributed by atoms with Gasteiger partial charge in [0.2, 0.25) is 5.91 Å². The number of hydrogen-bond acceptors (Lipinski definition) is 5. The summed E-state index contributed by atoms with van der Waals surface area (Å²) in [6.45, 7) is 1.63. The standard InChI is InChI=1S/C18H22N4O2/c1-21(17-5-2-8-19-20-17)13-6-9-22(10-7-13)18(23)15-12-14(15)16-4-3-11-24-16/h2-5,8,11,13-15H,6-7,9-10,12H2,1H3/t14-,15-/m1/s1. The first kappa shape index (κ1) is 15.2. The van der Waals surface area contributed by atoms with Gasteiger partial charge in [-0.3, -0.25) is 4.79 Å². The van der Waals surface area contributed by atoms with Crippen LogP contribution in [0.4, 0.5) is 5.82 Å². The Kier molecular flexibility index (Phi) is 3.96. The first-order valence-electron chi connectivity index (χ1n) is 8.57. The predicted octanol–water partition coefficient (Wildman–Crippen LogP) is 2.30. The van der Waals surface area contributed by atoms with Gasteiger partial charge in [0.25, 0.3) is 0 Å². The van der Waals surface area contributed by atoms with Crippen LogP contribution in [0.15, 0.2) is 41.1 Å². The van der Waals surface area contributed by atoms with E-state index in [1.165, 1.54) is 0 Å². The van der Waals surface area contributed by atoms with Gasteiger partial charge in [0.1, 0.15) is 5.76 Å². The SMILES string of the molecule is CN(c1cccnn1)C1CCN(C(=O)[C@@H]2C[C@H]2c2ccco2)CC1. The third kappa shape index (κ3) is 2.88. The number of furan rings is 1. The van der Waals surface area contributed by atoms with Gasteiger partial charge in [-0.1, -0.05) is 0 Å². The Balaban J connectivity index is 1.31. The van der Waals surface area contributed by atoms with Crippen molar-refractivity contribution in [1.82, 2.24) is 15.1 Å². The van der Waals surface area contributed by atoms with E-state index in [4.69, 9.17) is 4.42 Å². The Morgan fingerprint density at radius 1 is 1.29 bits per heavy atom. The van der Waals surface area contributed by atoms with Crippen LogP contribution in [0.3, 0.4) is 0 Å². The number of anilines is 1. The van der Waals surface area contributed by atoms with Crippen molar-refractivity contribution in [3.63, 3.8) is 0 Å². The van der Waals surface area contributed by atoms with Gasteiger partial charge < -0.3 is 14.2 Å². The molecule has 4 rings (SSSR count). The number of carbonyl (C=O) groups excluding carboxylic acids is 1. The fourth-order valence-electron chi connectivity index (χ4n) is 3.66. The first-order valence-corrected chi connectivity index (χ1v) is 8.57. The van der Waals surface area contributed by atoms with Gasteiger partial charge in [-0.05, 0) is 43.5 Å². The summed E-state index contributed by atoms with van der Waals surface area (Å²) in [5.74, 6) is 2.53. The van der Waals surface area contributed by atoms with E-state index in [1.54, 1.807) is 12.5 Å². The molecule has 2 aromatic heterocycles. The summed E-state index contributed by atoms with van der Waals surface area (Å²) in [4.78, 5) is 16.9. The molecule has 0 spiro atoms. The molecule has 0 bridgehead atoms. The summed E-state index contributed by atoms with van der Waals surface area (Å²) in [6.07, 6.45) is 6.23. The van der Waals surface area contributed by atoms with E-state index in [-0.39, 0.29) is 17.7 Å². The molecule has 1 saturated carbocycles. The Morgan fingerprint density at radius 3 is 2.79 bits per heavy atom. The molecule has 1 aliphatic carbocycles. The third-order valence-electron chi connectivity index (χ3n) is 5.26. The number of amides is 1. The van der Waals surface area contributed by atoms with Crippen LogP contribution >= 0.6 is 0 Å². The maximum atomic E-state index is 12.7. The van der Waals surface area contributed by atoms with Crippen molar-refractivity contribution in [1.29, 1.82) is 0 Å². The fourth-order valence-corrected chi connectivity index (χ4v) is 3.66. The molecule has 2 fully saturated rings. The predicted molar refractivity (Wildman–Crippen MR) is 89.6 cm³/mol. The normalized spacial score (nSPS) is 24.0. The van der Waals surface area contributed by atoms with Crippen LogP contribution in [0.2, 0.25) is 0 Å². The highest BCUT2D eigenvalue weighted by molar-refractivity contribution is 5.83. The van der Waals surface area contributed by atoms with Gasteiger partial charge in [0, 0.05) is 44.2 Å². The Bertz CT molecular complexity index is 680. The molecule has 2 aliphatic rings. The molecule has 2 aromatic rings. The summed E-state index contributed by atoms with van der Waals surface area (Å²) in [7, 11) is 2.06. The molecule has 3 heterocycles. The zero-order valence-corrected chi connectivity index (χ0v) is 13.8. The van der Waals surface area contributed by atoms with Gasteiger partial charge in [-0.2, -0.15) is 5.10 Å². The first-order chi connectivity index (χ1) is 11.7. The van der Waals surface area contributed by atoms with Crippen LogP contribution in [0.1, 0.15) is 30.9 Å². The average Bonchev–Trinajstić information content (AvgIpc) is 3.26. The molecular formula is C18H22N4O2. The summed E-state index contributed by atoms with van der Waals surface area (Å²) in [6, 6.07) is 8.15. The topological polar surface area (TPSA) is 62.5 Å². The van der Waals surface area contributed by atoms with Crippen LogP contribution in [0.25, 0.3) is 0 Å². The van der Waals surface area contributed by atoms with Crippen LogP contribution in [-0.2, 0) is 4.79 Å². The zero-order valence-electron chi connectivity index (χ0n) is 13.8. The smallest absolute Gasteiger partial charge is 0.226 e. The van der Waals surface area contributed by atoms with Crippen molar-refractivity contribution in [2.24, 2.45) is 5.92 Å². The number of carbonyl (C=O) groups is 1. The van der Waals surface area contributed by atoms with E-state index in [0.29, 0.717) is 6.04 Å². The van der Waals surface area contributed by atoms with E-state index >= 15 is 0 Å². The maximum absolute atomic E-state index is 12.7. The molecule has 2 atom stereocenters. The largest absolute Gasteiger partial charge is 0.469 e. The Labute approximate surface area is 141 Å². The lowest BCUT2D eigenvalue weighted by atomic mass is 10.0. The Morgan fingerprint density at radius 2 is 2.12 bits per heavy atom. The Hall–Kier alpha value is -2.37. The molecule has 6 nitrogen and oxygen atoms in total. The minimum absolute atomic E-state index is 0.116. The second kappa shape index (κ2) is 6.26. The minimum Gasteiger partial charge on any atom is -0.469 e. The number of likely N-dealkylation sites (tertiary alicyclic amines) is 1. The molecule has 126 valence electrons. The summed E-state index contributed by atoms with van der Waals surface area (Å²) < 4.78 is 5.43. The van der Waals surface area contributed by atoms with Crippen molar-refractivity contribution < 1.29 is 9.21 Å². The van der Waals surface area contributed by atoms with E-state index in [1.807, 2.05) is 29.2 Å². The minimum atomic E-state index is 0.116. The molecule has 0 aromatic carbocycles. The average molecular weight is 326 g/mol. The maximum Gasteiger partial charge on any atom is 0.226 e. The highest BCUT2D eigenvalue weighted by Gasteiger charge is 2.47. The lowest BCUT2D eigenvalue weighted by molar-refractivity contribution is -0.133. The number of piperidine rings is 1. The zero-order chi connectivity index (χ0) is 16.5. The lowest BCUT2D eigenvalue weighted by Gasteiger charge is -2.37. The highest BCUT2D eigenvalue weighted by Crippen LogP contribution is 2.48. The molecular weight excluding hydrogens is 304 g/mol. The molecule has 0 N–H and O–H groups in total. The molecule has 24 heavy (non-hydrogen) atoms. The van der Waals surface area contributed by atoms with Gasteiger partial charge in [-0.25, -0.2) is 0 Å². The van der Waals surface area contributed by atoms with Gasteiger partial charge in [0.15, 0.2) is 5.82 Å². The van der Waals surface area contributed by atoms with E-state index in [2.05, 4.69) is 22.1 Å². The quantitative estimate of drug-likeness (QED) is 0.863. The summed E-state index contributed by atoms with van der Waals surface area (Å²) >= 11 is 0.